The summed E-state index contributed by atoms with van der Waals surface area (Å²) < 4.78 is 11.0. The highest BCUT2D eigenvalue weighted by molar-refractivity contribution is 14.0. The van der Waals surface area contributed by atoms with Crippen LogP contribution in [0.3, 0.4) is 0 Å². The van der Waals surface area contributed by atoms with Crippen molar-refractivity contribution in [2.45, 2.75) is 46.3 Å². The number of nitrogens with one attached hydrogen (secondary N) is 2. The molecule has 2 atom stereocenters. The number of nitrogens with zero attached hydrogens (tertiary/aromatic N) is 2. The van der Waals surface area contributed by atoms with Crippen molar-refractivity contribution in [3.8, 4) is 11.5 Å². The smallest absolute Gasteiger partial charge is 0.191 e. The molecule has 0 bridgehead atoms. The number of rotatable bonds is 7. The van der Waals surface area contributed by atoms with Crippen molar-refractivity contribution in [2.75, 3.05) is 33.9 Å². The van der Waals surface area contributed by atoms with Gasteiger partial charge in [0.2, 0.25) is 0 Å². The highest BCUT2D eigenvalue weighted by Crippen LogP contribution is 2.28. The van der Waals surface area contributed by atoms with Crippen molar-refractivity contribution < 1.29 is 9.47 Å². The Hall–Kier alpha value is -1.22. The van der Waals surface area contributed by atoms with E-state index in [0.717, 1.165) is 36.1 Å². The summed E-state index contributed by atoms with van der Waals surface area (Å²) in [6, 6.07) is 6.99. The van der Waals surface area contributed by atoms with Gasteiger partial charge in [0.15, 0.2) is 17.5 Å². The van der Waals surface area contributed by atoms with Gasteiger partial charge in [-0.05, 0) is 44.4 Å². The number of likely N-dealkylation sites (tertiary alicyclic amines) is 1. The molecule has 154 valence electrons. The van der Waals surface area contributed by atoms with Crippen molar-refractivity contribution >= 4 is 29.9 Å². The molecule has 0 radical (unpaired) electrons. The minimum Gasteiger partial charge on any atom is -0.493 e. The molecule has 1 saturated heterocycles. The Morgan fingerprint density at radius 3 is 2.59 bits per heavy atom. The molecule has 1 aromatic rings. The Morgan fingerprint density at radius 2 is 2.04 bits per heavy atom. The van der Waals surface area contributed by atoms with Gasteiger partial charge in [-0.1, -0.05) is 13.0 Å². The van der Waals surface area contributed by atoms with Crippen LogP contribution in [0.2, 0.25) is 0 Å². The van der Waals surface area contributed by atoms with Crippen LogP contribution >= 0.6 is 24.0 Å². The number of ether oxygens (including phenoxy) is 2. The zero-order chi connectivity index (χ0) is 19.1. The predicted molar refractivity (Wildman–Crippen MR) is 123 cm³/mol. The van der Waals surface area contributed by atoms with Crippen LogP contribution in [-0.4, -0.2) is 56.8 Å². The van der Waals surface area contributed by atoms with E-state index in [9.17, 15) is 0 Å². The zero-order valence-corrected chi connectivity index (χ0v) is 19.7. The third-order valence-corrected chi connectivity index (χ3v) is 4.90. The molecular formula is C20H35IN4O2. The van der Waals surface area contributed by atoms with Crippen LogP contribution in [-0.2, 0) is 6.54 Å². The van der Waals surface area contributed by atoms with Gasteiger partial charge >= 0.3 is 0 Å². The van der Waals surface area contributed by atoms with E-state index < -0.39 is 0 Å². The van der Waals surface area contributed by atoms with Crippen LogP contribution < -0.4 is 20.1 Å². The van der Waals surface area contributed by atoms with E-state index in [-0.39, 0.29) is 24.0 Å². The van der Waals surface area contributed by atoms with Crippen LogP contribution in [0.1, 0.15) is 33.3 Å². The number of halogens is 1. The van der Waals surface area contributed by atoms with Crippen molar-refractivity contribution in [2.24, 2.45) is 10.9 Å². The van der Waals surface area contributed by atoms with E-state index in [2.05, 4.69) is 41.3 Å². The Kier molecular flexibility index (Phi) is 10.2. The predicted octanol–water partition coefficient (Wildman–Crippen LogP) is 3.11. The Labute approximate surface area is 181 Å². The maximum atomic E-state index is 5.65. The topological polar surface area (TPSA) is 58.1 Å². The number of hydrogen-bond donors (Lipinski definition) is 2. The number of guanidine groups is 1. The molecule has 2 N–H and O–H groups in total. The molecular weight excluding hydrogens is 455 g/mol. The molecule has 7 heteroatoms. The first-order valence-corrected chi connectivity index (χ1v) is 9.49. The lowest BCUT2D eigenvalue weighted by Gasteiger charge is -2.22. The third kappa shape index (κ3) is 6.71. The third-order valence-electron chi connectivity index (χ3n) is 4.90. The van der Waals surface area contributed by atoms with Crippen molar-refractivity contribution in [3.63, 3.8) is 0 Å². The summed E-state index contributed by atoms with van der Waals surface area (Å²) in [5.74, 6) is 2.96. The second-order valence-electron chi connectivity index (χ2n) is 7.12. The molecule has 1 aliphatic heterocycles. The summed E-state index contributed by atoms with van der Waals surface area (Å²) in [5, 5.41) is 6.98. The number of aliphatic imine (C=N–C) groups is 1. The molecule has 6 nitrogen and oxygen atoms in total. The van der Waals surface area contributed by atoms with Crippen LogP contribution in [0.15, 0.2) is 23.2 Å². The van der Waals surface area contributed by atoms with Gasteiger partial charge in [0.25, 0.3) is 0 Å². The molecule has 2 unspecified atom stereocenters. The zero-order valence-electron chi connectivity index (χ0n) is 17.4. The van der Waals surface area contributed by atoms with Crippen molar-refractivity contribution in [3.05, 3.63) is 23.8 Å². The largest absolute Gasteiger partial charge is 0.493 e. The first kappa shape index (κ1) is 23.8. The van der Waals surface area contributed by atoms with Crippen LogP contribution in [0, 0.1) is 5.92 Å². The summed E-state index contributed by atoms with van der Waals surface area (Å²) >= 11 is 0. The van der Waals surface area contributed by atoms with E-state index in [4.69, 9.17) is 9.47 Å². The fraction of sp³-hybridized carbons (Fsp3) is 0.650. The van der Waals surface area contributed by atoms with E-state index in [1.54, 1.807) is 7.11 Å². The lowest BCUT2D eigenvalue weighted by molar-refractivity contribution is 0.265. The van der Waals surface area contributed by atoms with Crippen molar-refractivity contribution in [1.82, 2.24) is 15.5 Å². The van der Waals surface area contributed by atoms with Gasteiger partial charge in [-0.3, -0.25) is 9.89 Å². The Balaban J connectivity index is 0.00000364. The molecule has 0 saturated carbocycles. The first-order valence-electron chi connectivity index (χ1n) is 9.49. The SMILES string of the molecule is CCOc1cc(CNC(=NC)NC2CN(C(C)C)CC2C)ccc1OC.I. The van der Waals surface area contributed by atoms with Gasteiger partial charge in [0, 0.05) is 38.8 Å². The monoisotopic (exact) mass is 490 g/mol. The van der Waals surface area contributed by atoms with Crippen molar-refractivity contribution in [1.29, 1.82) is 0 Å². The molecule has 27 heavy (non-hydrogen) atoms. The minimum absolute atomic E-state index is 0. The summed E-state index contributed by atoms with van der Waals surface area (Å²) in [6.07, 6.45) is 0. The molecule has 2 rings (SSSR count). The van der Waals surface area contributed by atoms with Gasteiger partial charge < -0.3 is 20.1 Å². The van der Waals surface area contributed by atoms with Gasteiger partial charge in [0.05, 0.1) is 13.7 Å². The van der Waals surface area contributed by atoms with E-state index >= 15 is 0 Å². The highest BCUT2D eigenvalue weighted by Gasteiger charge is 2.31. The number of hydrogen-bond acceptors (Lipinski definition) is 4. The van der Waals surface area contributed by atoms with Gasteiger partial charge in [-0.25, -0.2) is 0 Å². The molecule has 1 fully saturated rings. The molecule has 1 aliphatic rings. The second-order valence-corrected chi connectivity index (χ2v) is 7.12. The number of methoxy groups -OCH3 is 1. The van der Waals surface area contributed by atoms with E-state index in [1.165, 1.54) is 0 Å². The lowest BCUT2D eigenvalue weighted by Crippen LogP contribution is -2.46. The van der Waals surface area contributed by atoms with Gasteiger partial charge in [0.1, 0.15) is 0 Å². The average Bonchev–Trinajstić information content (AvgIpc) is 3.00. The molecule has 1 aromatic carbocycles. The van der Waals surface area contributed by atoms with Crippen LogP contribution in [0.4, 0.5) is 0 Å². The molecule has 1 heterocycles. The maximum Gasteiger partial charge on any atom is 0.191 e. The molecule has 0 aliphatic carbocycles. The lowest BCUT2D eigenvalue weighted by atomic mass is 10.1. The molecule has 0 aromatic heterocycles. The van der Waals surface area contributed by atoms with E-state index in [1.807, 2.05) is 32.2 Å². The average molecular weight is 490 g/mol. The standard InChI is InChI=1S/C20H34N4O2.HI/c1-7-26-19-10-16(8-9-18(19)25-6)11-22-20(21-5)23-17-13-24(14(2)3)12-15(17)4;/h8-10,14-15,17H,7,11-13H2,1-6H3,(H2,21,22,23);1H. The van der Waals surface area contributed by atoms with Crippen LogP contribution in [0.5, 0.6) is 11.5 Å². The Morgan fingerprint density at radius 1 is 1.30 bits per heavy atom. The first-order chi connectivity index (χ1) is 12.5. The second kappa shape index (κ2) is 11.6. The fourth-order valence-corrected chi connectivity index (χ4v) is 3.27. The normalized spacial score (nSPS) is 20.3. The Bertz CT molecular complexity index is 610. The fourth-order valence-electron chi connectivity index (χ4n) is 3.27. The maximum absolute atomic E-state index is 5.65. The summed E-state index contributed by atoms with van der Waals surface area (Å²) in [6.45, 7) is 12.2. The molecule has 0 amide bonds. The summed E-state index contributed by atoms with van der Waals surface area (Å²) in [4.78, 5) is 6.89. The highest BCUT2D eigenvalue weighted by atomic mass is 127. The molecule has 0 spiro atoms. The summed E-state index contributed by atoms with van der Waals surface area (Å²) in [5.41, 5.74) is 1.13. The van der Waals surface area contributed by atoms with Gasteiger partial charge in [-0.15, -0.1) is 24.0 Å². The quantitative estimate of drug-likeness (QED) is 0.350. The van der Waals surface area contributed by atoms with Crippen LogP contribution in [0.25, 0.3) is 0 Å². The minimum atomic E-state index is 0. The number of benzene rings is 1. The van der Waals surface area contributed by atoms with Gasteiger partial charge in [-0.2, -0.15) is 0 Å². The summed E-state index contributed by atoms with van der Waals surface area (Å²) in [7, 11) is 3.47. The van der Waals surface area contributed by atoms with E-state index in [0.29, 0.717) is 31.2 Å².